The Hall–Kier alpha value is -2.45. The van der Waals surface area contributed by atoms with Crippen molar-refractivity contribution in [2.45, 2.75) is 20.3 Å². The molecule has 0 spiro atoms. The van der Waals surface area contributed by atoms with E-state index >= 15 is 0 Å². The molecule has 27 heavy (non-hydrogen) atoms. The van der Waals surface area contributed by atoms with Gasteiger partial charge in [-0.3, -0.25) is 19.3 Å². The fourth-order valence-electron chi connectivity index (χ4n) is 2.92. The van der Waals surface area contributed by atoms with E-state index in [9.17, 15) is 14.4 Å². The summed E-state index contributed by atoms with van der Waals surface area (Å²) in [5.41, 5.74) is 1.35. The van der Waals surface area contributed by atoms with Crippen LogP contribution in [0, 0.1) is 0 Å². The molecule has 1 aromatic carbocycles. The van der Waals surface area contributed by atoms with Crippen molar-refractivity contribution in [1.29, 1.82) is 0 Å². The molecule has 1 aliphatic rings. The van der Waals surface area contributed by atoms with Crippen molar-refractivity contribution in [3.8, 4) is 0 Å². The highest BCUT2D eigenvalue weighted by atomic mass is 16.2. The van der Waals surface area contributed by atoms with Crippen molar-refractivity contribution < 1.29 is 14.4 Å². The minimum Gasteiger partial charge on any atom is -0.340 e. The van der Waals surface area contributed by atoms with E-state index in [1.165, 1.54) is 6.92 Å². The number of carbonyl (C=O) groups is 3. The second kappa shape index (κ2) is 10.6. The molecule has 0 saturated carbocycles. The van der Waals surface area contributed by atoms with E-state index in [0.29, 0.717) is 30.9 Å². The summed E-state index contributed by atoms with van der Waals surface area (Å²) in [4.78, 5) is 39.4. The predicted molar refractivity (Wildman–Crippen MR) is 106 cm³/mol. The molecule has 1 heterocycles. The van der Waals surface area contributed by atoms with Gasteiger partial charge >= 0.3 is 0 Å². The Morgan fingerprint density at radius 1 is 1.07 bits per heavy atom. The Labute approximate surface area is 160 Å². The molecule has 148 valence electrons. The normalized spacial score (nSPS) is 14.1. The van der Waals surface area contributed by atoms with Crippen LogP contribution >= 0.6 is 0 Å². The van der Waals surface area contributed by atoms with Crippen LogP contribution in [-0.2, 0) is 14.4 Å². The van der Waals surface area contributed by atoms with Gasteiger partial charge < -0.3 is 20.9 Å². The van der Waals surface area contributed by atoms with E-state index in [4.69, 9.17) is 0 Å². The fraction of sp³-hybridized carbons (Fsp3) is 0.526. The maximum Gasteiger partial charge on any atom is 0.238 e. The van der Waals surface area contributed by atoms with Gasteiger partial charge in [0.05, 0.1) is 6.54 Å². The van der Waals surface area contributed by atoms with Gasteiger partial charge in [0.1, 0.15) is 0 Å². The van der Waals surface area contributed by atoms with Gasteiger partial charge in [-0.1, -0.05) is 6.92 Å². The number of likely N-dealkylation sites (N-methyl/N-ethyl adjacent to an activating group) is 1. The Kier molecular flexibility index (Phi) is 8.22. The van der Waals surface area contributed by atoms with Crippen LogP contribution in [0.25, 0.3) is 0 Å². The molecule has 0 bridgehead atoms. The average molecular weight is 375 g/mol. The molecule has 0 unspecified atom stereocenters. The Morgan fingerprint density at radius 3 is 2.22 bits per heavy atom. The molecular weight excluding hydrogens is 346 g/mol. The topological polar surface area (TPSA) is 93.8 Å². The minimum atomic E-state index is -0.138. The zero-order chi connectivity index (χ0) is 19.6. The van der Waals surface area contributed by atoms with Gasteiger partial charge in [0.2, 0.25) is 17.7 Å². The van der Waals surface area contributed by atoms with Gasteiger partial charge in [0.25, 0.3) is 0 Å². The molecule has 8 heteroatoms. The van der Waals surface area contributed by atoms with E-state index in [-0.39, 0.29) is 24.3 Å². The number of hydrogen-bond donors (Lipinski definition) is 3. The molecule has 1 aromatic rings. The lowest BCUT2D eigenvalue weighted by molar-refractivity contribution is -0.132. The highest BCUT2D eigenvalue weighted by Gasteiger charge is 2.17. The smallest absolute Gasteiger partial charge is 0.238 e. The van der Waals surface area contributed by atoms with E-state index in [1.807, 2.05) is 16.7 Å². The number of rotatable bonds is 8. The van der Waals surface area contributed by atoms with Crippen molar-refractivity contribution >= 4 is 29.1 Å². The van der Waals surface area contributed by atoms with Crippen LogP contribution in [0.1, 0.15) is 20.3 Å². The first-order valence-corrected chi connectivity index (χ1v) is 9.36. The van der Waals surface area contributed by atoms with E-state index in [0.717, 1.165) is 26.2 Å². The third kappa shape index (κ3) is 7.36. The van der Waals surface area contributed by atoms with Gasteiger partial charge in [-0.2, -0.15) is 0 Å². The molecule has 0 atom stereocenters. The molecule has 1 fully saturated rings. The molecule has 2 rings (SSSR count). The summed E-state index contributed by atoms with van der Waals surface area (Å²) in [6.45, 7) is 8.10. The monoisotopic (exact) mass is 375 g/mol. The van der Waals surface area contributed by atoms with Crippen molar-refractivity contribution in [2.24, 2.45) is 0 Å². The van der Waals surface area contributed by atoms with Gasteiger partial charge in [-0.05, 0) is 30.8 Å². The number of nitrogens with one attached hydrogen (secondary N) is 3. The second-order valence-electron chi connectivity index (χ2n) is 6.56. The van der Waals surface area contributed by atoms with Crippen LogP contribution in [0.5, 0.6) is 0 Å². The predicted octanol–water partition coefficient (Wildman–Crippen LogP) is 0.727. The summed E-state index contributed by atoms with van der Waals surface area (Å²) >= 11 is 0. The summed E-state index contributed by atoms with van der Waals surface area (Å²) in [5.74, 6) is -0.122. The Balaban J connectivity index is 1.76. The zero-order valence-electron chi connectivity index (χ0n) is 16.1. The molecule has 3 amide bonds. The van der Waals surface area contributed by atoms with Crippen molar-refractivity contribution in [2.75, 3.05) is 56.4 Å². The zero-order valence-corrected chi connectivity index (χ0v) is 16.1. The van der Waals surface area contributed by atoms with E-state index in [1.54, 1.807) is 24.3 Å². The lowest BCUT2D eigenvalue weighted by atomic mass is 10.2. The van der Waals surface area contributed by atoms with E-state index in [2.05, 4.69) is 16.0 Å². The quantitative estimate of drug-likeness (QED) is 0.623. The summed E-state index contributed by atoms with van der Waals surface area (Å²) < 4.78 is 0. The SMILES string of the molecule is CCN(CCC(=O)N1CCNCC1)CC(=O)Nc1ccc(NC(C)=O)cc1. The van der Waals surface area contributed by atoms with Gasteiger partial charge in [-0.25, -0.2) is 0 Å². The van der Waals surface area contributed by atoms with Crippen LogP contribution in [0.15, 0.2) is 24.3 Å². The molecule has 1 saturated heterocycles. The summed E-state index contributed by atoms with van der Waals surface area (Å²) in [5, 5.41) is 8.75. The van der Waals surface area contributed by atoms with Crippen LogP contribution < -0.4 is 16.0 Å². The second-order valence-corrected chi connectivity index (χ2v) is 6.56. The first kappa shape index (κ1) is 20.9. The fourth-order valence-corrected chi connectivity index (χ4v) is 2.92. The third-order valence-electron chi connectivity index (χ3n) is 4.42. The van der Waals surface area contributed by atoms with Crippen LogP contribution in [0.3, 0.4) is 0 Å². The number of benzene rings is 1. The molecule has 0 aromatic heterocycles. The Bertz CT molecular complexity index is 641. The summed E-state index contributed by atoms with van der Waals surface area (Å²) in [6, 6.07) is 6.96. The minimum absolute atomic E-state index is 0.126. The number of hydrogen-bond acceptors (Lipinski definition) is 5. The number of nitrogens with zero attached hydrogens (tertiary/aromatic N) is 2. The van der Waals surface area contributed by atoms with Crippen LogP contribution in [0.4, 0.5) is 11.4 Å². The van der Waals surface area contributed by atoms with Crippen LogP contribution in [0.2, 0.25) is 0 Å². The maximum atomic E-state index is 12.3. The van der Waals surface area contributed by atoms with Gasteiger partial charge in [-0.15, -0.1) is 0 Å². The highest BCUT2D eigenvalue weighted by Crippen LogP contribution is 2.13. The summed E-state index contributed by atoms with van der Waals surface area (Å²) in [6.07, 6.45) is 0.423. The highest BCUT2D eigenvalue weighted by molar-refractivity contribution is 5.93. The molecule has 3 N–H and O–H groups in total. The number of piperazine rings is 1. The third-order valence-corrected chi connectivity index (χ3v) is 4.42. The Morgan fingerprint density at radius 2 is 1.67 bits per heavy atom. The molecule has 1 aliphatic heterocycles. The lowest BCUT2D eigenvalue weighted by Gasteiger charge is -2.28. The molecule has 0 radical (unpaired) electrons. The number of amides is 3. The largest absolute Gasteiger partial charge is 0.340 e. The number of anilines is 2. The summed E-state index contributed by atoms with van der Waals surface area (Å²) in [7, 11) is 0. The van der Waals surface area contributed by atoms with Crippen molar-refractivity contribution in [3.05, 3.63) is 24.3 Å². The maximum absolute atomic E-state index is 12.3. The lowest BCUT2D eigenvalue weighted by Crippen LogP contribution is -2.47. The molecular formula is C19H29N5O3. The van der Waals surface area contributed by atoms with Gasteiger partial charge in [0, 0.05) is 57.4 Å². The van der Waals surface area contributed by atoms with Crippen molar-refractivity contribution in [3.63, 3.8) is 0 Å². The van der Waals surface area contributed by atoms with Gasteiger partial charge in [0.15, 0.2) is 0 Å². The average Bonchev–Trinajstić information content (AvgIpc) is 2.66. The standard InChI is InChI=1S/C19H29N5O3/c1-3-23(11-8-19(27)24-12-9-20-10-13-24)14-18(26)22-17-6-4-16(5-7-17)21-15(2)25/h4-7,20H,3,8-14H2,1-2H3,(H,21,25)(H,22,26). The number of carbonyl (C=O) groups excluding carboxylic acids is 3. The van der Waals surface area contributed by atoms with Crippen molar-refractivity contribution in [1.82, 2.24) is 15.1 Å². The molecule has 8 nitrogen and oxygen atoms in total. The molecule has 0 aliphatic carbocycles. The first-order chi connectivity index (χ1) is 13.0. The first-order valence-electron chi connectivity index (χ1n) is 9.36. The van der Waals surface area contributed by atoms with Crippen LogP contribution in [-0.4, -0.2) is 73.3 Å². The van der Waals surface area contributed by atoms with E-state index < -0.39 is 0 Å².